The van der Waals surface area contributed by atoms with Crippen LogP contribution in [-0.2, 0) is 4.79 Å². The SMILES string of the molecule is CSc1ccc(Oc2cccc(C=CC(=O)O)c2)cc1. The molecule has 0 saturated heterocycles. The third-order valence-electron chi connectivity index (χ3n) is 2.57. The summed E-state index contributed by atoms with van der Waals surface area (Å²) in [4.78, 5) is 11.7. The number of carbonyl (C=O) groups is 1. The molecule has 0 saturated carbocycles. The van der Waals surface area contributed by atoms with Gasteiger partial charge in [-0.05, 0) is 54.3 Å². The van der Waals surface area contributed by atoms with E-state index in [2.05, 4.69) is 0 Å². The molecule has 0 fully saturated rings. The highest BCUT2D eigenvalue weighted by Gasteiger charge is 1.99. The minimum Gasteiger partial charge on any atom is -0.478 e. The Morgan fingerprint density at radius 3 is 2.55 bits per heavy atom. The molecule has 4 heteroatoms. The molecule has 0 unspecified atom stereocenters. The first-order valence-corrected chi connectivity index (χ1v) is 7.23. The minimum atomic E-state index is -0.969. The maximum Gasteiger partial charge on any atom is 0.328 e. The molecule has 0 aliphatic heterocycles. The first-order chi connectivity index (χ1) is 9.67. The number of ether oxygens (including phenoxy) is 1. The number of benzene rings is 2. The molecule has 2 aromatic rings. The lowest BCUT2D eigenvalue weighted by Gasteiger charge is -2.06. The van der Waals surface area contributed by atoms with E-state index in [1.807, 2.05) is 48.7 Å². The van der Waals surface area contributed by atoms with E-state index in [4.69, 9.17) is 9.84 Å². The Hall–Kier alpha value is -2.20. The fraction of sp³-hybridized carbons (Fsp3) is 0.0625. The van der Waals surface area contributed by atoms with Crippen LogP contribution in [0.1, 0.15) is 5.56 Å². The molecular weight excluding hydrogens is 272 g/mol. The van der Waals surface area contributed by atoms with E-state index in [0.29, 0.717) is 5.75 Å². The molecule has 1 N–H and O–H groups in total. The average Bonchev–Trinajstić information content (AvgIpc) is 2.46. The zero-order chi connectivity index (χ0) is 14.4. The summed E-state index contributed by atoms with van der Waals surface area (Å²) in [5.41, 5.74) is 0.783. The molecule has 102 valence electrons. The lowest BCUT2D eigenvalue weighted by molar-refractivity contribution is -0.131. The van der Waals surface area contributed by atoms with E-state index < -0.39 is 5.97 Å². The number of carboxylic acids is 1. The third-order valence-corrected chi connectivity index (χ3v) is 3.32. The minimum absolute atomic E-state index is 0.675. The Morgan fingerprint density at radius 1 is 1.15 bits per heavy atom. The standard InChI is InChI=1S/C16H14O3S/c1-20-15-8-6-13(7-9-15)19-14-4-2-3-12(11-14)5-10-16(17)18/h2-11H,1H3,(H,17,18). The normalized spacial score (nSPS) is 10.7. The summed E-state index contributed by atoms with van der Waals surface area (Å²) in [5, 5.41) is 8.61. The zero-order valence-corrected chi connectivity index (χ0v) is 11.8. The van der Waals surface area contributed by atoms with Crippen molar-refractivity contribution in [1.82, 2.24) is 0 Å². The van der Waals surface area contributed by atoms with Gasteiger partial charge in [-0.1, -0.05) is 12.1 Å². The predicted octanol–water partition coefficient (Wildman–Crippen LogP) is 4.30. The quantitative estimate of drug-likeness (QED) is 0.657. The molecule has 0 amide bonds. The Kier molecular flexibility index (Phi) is 4.85. The van der Waals surface area contributed by atoms with Gasteiger partial charge in [0, 0.05) is 11.0 Å². The topological polar surface area (TPSA) is 46.5 Å². The van der Waals surface area contributed by atoms with Crippen LogP contribution < -0.4 is 4.74 Å². The molecule has 0 radical (unpaired) electrons. The average molecular weight is 286 g/mol. The summed E-state index contributed by atoms with van der Waals surface area (Å²) in [6.45, 7) is 0. The Labute approximate surface area is 121 Å². The van der Waals surface area contributed by atoms with E-state index in [0.717, 1.165) is 17.4 Å². The molecule has 2 aromatic carbocycles. The van der Waals surface area contributed by atoms with E-state index >= 15 is 0 Å². The number of thioether (sulfide) groups is 1. The predicted molar refractivity (Wildman–Crippen MR) is 81.4 cm³/mol. The number of aliphatic carboxylic acids is 1. The molecule has 0 heterocycles. The second-order valence-corrected chi connectivity index (χ2v) is 4.90. The maximum absolute atomic E-state index is 10.5. The monoisotopic (exact) mass is 286 g/mol. The first kappa shape index (κ1) is 14.2. The van der Waals surface area contributed by atoms with Crippen LogP contribution in [0.2, 0.25) is 0 Å². The number of rotatable bonds is 5. The van der Waals surface area contributed by atoms with Crippen molar-refractivity contribution in [2.75, 3.05) is 6.26 Å². The van der Waals surface area contributed by atoms with E-state index in [1.165, 1.54) is 11.0 Å². The highest BCUT2D eigenvalue weighted by molar-refractivity contribution is 7.98. The second kappa shape index (κ2) is 6.82. The van der Waals surface area contributed by atoms with Crippen molar-refractivity contribution in [3.05, 3.63) is 60.2 Å². The number of hydrogen-bond donors (Lipinski definition) is 1. The van der Waals surface area contributed by atoms with Crippen molar-refractivity contribution in [3.63, 3.8) is 0 Å². The van der Waals surface area contributed by atoms with Crippen molar-refractivity contribution in [1.29, 1.82) is 0 Å². The number of carboxylic acid groups (broad SMARTS) is 1. The van der Waals surface area contributed by atoms with Crippen molar-refractivity contribution in [3.8, 4) is 11.5 Å². The van der Waals surface area contributed by atoms with Crippen LogP contribution in [0.15, 0.2) is 59.5 Å². The highest BCUT2D eigenvalue weighted by atomic mass is 32.2. The summed E-state index contributed by atoms with van der Waals surface area (Å²) in [6, 6.07) is 15.1. The second-order valence-electron chi connectivity index (χ2n) is 4.02. The van der Waals surface area contributed by atoms with Crippen molar-refractivity contribution >= 4 is 23.8 Å². The molecule has 0 aliphatic rings. The number of hydrogen-bond acceptors (Lipinski definition) is 3. The Balaban J connectivity index is 2.12. The van der Waals surface area contributed by atoms with Gasteiger partial charge in [0.25, 0.3) is 0 Å². The molecule has 0 aliphatic carbocycles. The zero-order valence-electron chi connectivity index (χ0n) is 10.9. The molecule has 20 heavy (non-hydrogen) atoms. The summed E-state index contributed by atoms with van der Waals surface area (Å²) in [7, 11) is 0. The Bertz CT molecular complexity index is 618. The molecule has 0 bridgehead atoms. The maximum atomic E-state index is 10.5. The summed E-state index contributed by atoms with van der Waals surface area (Å²) in [6.07, 6.45) is 4.66. The van der Waals surface area contributed by atoms with Gasteiger partial charge in [0.15, 0.2) is 0 Å². The molecular formula is C16H14O3S. The van der Waals surface area contributed by atoms with Gasteiger partial charge in [-0.15, -0.1) is 11.8 Å². The van der Waals surface area contributed by atoms with Crippen LogP contribution >= 0.6 is 11.8 Å². The first-order valence-electron chi connectivity index (χ1n) is 6.00. The van der Waals surface area contributed by atoms with Crippen molar-refractivity contribution in [2.45, 2.75) is 4.90 Å². The highest BCUT2D eigenvalue weighted by Crippen LogP contribution is 2.25. The molecule has 2 rings (SSSR count). The van der Waals surface area contributed by atoms with Gasteiger partial charge in [0.05, 0.1) is 0 Å². The van der Waals surface area contributed by atoms with Crippen LogP contribution in [0.5, 0.6) is 11.5 Å². The summed E-state index contributed by atoms with van der Waals surface area (Å²) < 4.78 is 5.73. The van der Waals surface area contributed by atoms with Gasteiger partial charge >= 0.3 is 5.97 Å². The van der Waals surface area contributed by atoms with Crippen molar-refractivity contribution in [2.24, 2.45) is 0 Å². The summed E-state index contributed by atoms with van der Waals surface area (Å²) in [5.74, 6) is 0.459. The van der Waals surface area contributed by atoms with E-state index in [9.17, 15) is 4.79 Å². The van der Waals surface area contributed by atoms with Gasteiger partial charge in [-0.2, -0.15) is 0 Å². The van der Waals surface area contributed by atoms with Crippen LogP contribution in [-0.4, -0.2) is 17.3 Å². The van der Waals surface area contributed by atoms with Gasteiger partial charge in [-0.3, -0.25) is 0 Å². The summed E-state index contributed by atoms with van der Waals surface area (Å²) >= 11 is 1.68. The fourth-order valence-electron chi connectivity index (χ4n) is 1.63. The van der Waals surface area contributed by atoms with Crippen molar-refractivity contribution < 1.29 is 14.6 Å². The fourth-order valence-corrected chi connectivity index (χ4v) is 2.04. The Morgan fingerprint density at radius 2 is 1.90 bits per heavy atom. The molecule has 0 spiro atoms. The van der Waals surface area contributed by atoms with Gasteiger partial charge in [-0.25, -0.2) is 4.79 Å². The van der Waals surface area contributed by atoms with Crippen LogP contribution in [0.4, 0.5) is 0 Å². The van der Waals surface area contributed by atoms with Gasteiger partial charge in [0.2, 0.25) is 0 Å². The van der Waals surface area contributed by atoms with E-state index in [1.54, 1.807) is 17.8 Å². The van der Waals surface area contributed by atoms with Gasteiger partial charge in [0.1, 0.15) is 11.5 Å². The van der Waals surface area contributed by atoms with Crippen LogP contribution in [0.3, 0.4) is 0 Å². The third kappa shape index (κ3) is 4.17. The van der Waals surface area contributed by atoms with E-state index in [-0.39, 0.29) is 0 Å². The molecule has 0 atom stereocenters. The van der Waals surface area contributed by atoms with Gasteiger partial charge < -0.3 is 9.84 Å². The molecule has 3 nitrogen and oxygen atoms in total. The largest absolute Gasteiger partial charge is 0.478 e. The van der Waals surface area contributed by atoms with Crippen LogP contribution in [0, 0.1) is 0 Å². The smallest absolute Gasteiger partial charge is 0.328 e. The lowest BCUT2D eigenvalue weighted by atomic mass is 10.2. The molecule has 0 aromatic heterocycles. The lowest BCUT2D eigenvalue weighted by Crippen LogP contribution is -1.87. The van der Waals surface area contributed by atoms with Crippen LogP contribution in [0.25, 0.3) is 6.08 Å².